The van der Waals surface area contributed by atoms with Crippen LogP contribution in [0.3, 0.4) is 0 Å². The van der Waals surface area contributed by atoms with E-state index in [2.05, 4.69) is 10.6 Å². The maximum Gasteiger partial charge on any atom is 0.322 e. The fourth-order valence-electron chi connectivity index (χ4n) is 2.12. The van der Waals surface area contributed by atoms with Crippen molar-refractivity contribution in [3.63, 3.8) is 0 Å². The summed E-state index contributed by atoms with van der Waals surface area (Å²) in [6, 6.07) is 6.25. The lowest BCUT2D eigenvalue weighted by atomic mass is 10.1. The molecule has 158 valence electrons. The first kappa shape index (κ1) is 24.1. The molecule has 10 nitrogen and oxygen atoms in total. The zero-order valence-corrected chi connectivity index (χ0v) is 16.3. The van der Waals surface area contributed by atoms with Crippen LogP contribution in [0.1, 0.15) is 23.2 Å². The molecule has 2 atom stereocenters. The van der Waals surface area contributed by atoms with Gasteiger partial charge in [-0.25, -0.2) is 0 Å². The van der Waals surface area contributed by atoms with E-state index in [0.29, 0.717) is 5.56 Å². The van der Waals surface area contributed by atoms with Crippen LogP contribution in [0.5, 0.6) is 0 Å². The van der Waals surface area contributed by atoms with Crippen LogP contribution in [0.4, 0.5) is 0 Å². The van der Waals surface area contributed by atoms with Crippen molar-refractivity contribution < 1.29 is 34.2 Å². The maximum atomic E-state index is 12.2. The van der Waals surface area contributed by atoms with Gasteiger partial charge in [-0.15, -0.1) is 0 Å². The van der Waals surface area contributed by atoms with E-state index < -0.39 is 42.4 Å². The third kappa shape index (κ3) is 9.72. The number of ketones is 1. The number of benzene rings is 1. The molecule has 0 aliphatic carbocycles. The van der Waals surface area contributed by atoms with Crippen LogP contribution in [0.2, 0.25) is 0 Å². The van der Waals surface area contributed by atoms with E-state index in [0.717, 1.165) is 11.8 Å². The van der Waals surface area contributed by atoms with E-state index in [-0.39, 0.29) is 30.1 Å². The standard InChI is InChI=1S/C18H23N3O7S/c19-12(18(27)28)6-7-15(23)21-13(17(26)20-8-16(24)25)9-29-10-14(22)11-4-2-1-3-5-11/h1-5,12-13H,6-10,19H2,(H,20,26)(H,21,23)(H,24,25)(H,27,28)/t12-,13+/m0/s1. The highest BCUT2D eigenvalue weighted by atomic mass is 32.2. The van der Waals surface area contributed by atoms with Crippen molar-refractivity contribution in [2.45, 2.75) is 24.9 Å². The zero-order chi connectivity index (χ0) is 21.8. The van der Waals surface area contributed by atoms with Crippen molar-refractivity contribution in [2.24, 2.45) is 5.73 Å². The molecule has 0 saturated heterocycles. The molecule has 0 heterocycles. The third-order valence-electron chi connectivity index (χ3n) is 3.68. The molecular weight excluding hydrogens is 402 g/mol. The quantitative estimate of drug-likeness (QED) is 0.260. The highest BCUT2D eigenvalue weighted by Crippen LogP contribution is 2.09. The van der Waals surface area contributed by atoms with Crippen molar-refractivity contribution in [3.8, 4) is 0 Å². The topological polar surface area (TPSA) is 176 Å². The summed E-state index contributed by atoms with van der Waals surface area (Å²) in [6.07, 6.45) is -0.339. The number of nitrogens with two attached hydrogens (primary N) is 1. The van der Waals surface area contributed by atoms with Gasteiger partial charge in [0.25, 0.3) is 0 Å². The normalized spacial score (nSPS) is 12.4. The van der Waals surface area contributed by atoms with E-state index in [1.54, 1.807) is 30.3 Å². The lowest BCUT2D eigenvalue weighted by Gasteiger charge is -2.18. The summed E-state index contributed by atoms with van der Waals surface area (Å²) in [5.41, 5.74) is 5.85. The second-order valence-electron chi connectivity index (χ2n) is 6.02. The molecule has 29 heavy (non-hydrogen) atoms. The number of Topliss-reactive ketones (excluding diaryl/α,β-unsaturated/α-hetero) is 1. The van der Waals surface area contributed by atoms with Gasteiger partial charge in [0.15, 0.2) is 5.78 Å². The highest BCUT2D eigenvalue weighted by Gasteiger charge is 2.23. The van der Waals surface area contributed by atoms with Gasteiger partial charge in [0.05, 0.1) is 5.75 Å². The van der Waals surface area contributed by atoms with Crippen molar-refractivity contribution in [3.05, 3.63) is 35.9 Å². The van der Waals surface area contributed by atoms with Gasteiger partial charge in [0.2, 0.25) is 11.8 Å². The molecule has 0 spiro atoms. The summed E-state index contributed by atoms with van der Waals surface area (Å²) in [7, 11) is 0. The number of carboxylic acids is 2. The maximum absolute atomic E-state index is 12.2. The molecule has 1 aromatic carbocycles. The zero-order valence-electron chi connectivity index (χ0n) is 15.5. The number of hydrogen-bond acceptors (Lipinski definition) is 7. The van der Waals surface area contributed by atoms with Crippen LogP contribution >= 0.6 is 11.8 Å². The lowest BCUT2D eigenvalue weighted by molar-refractivity contribution is -0.139. The Morgan fingerprint density at radius 2 is 1.72 bits per heavy atom. The fourth-order valence-corrected chi connectivity index (χ4v) is 3.06. The number of nitrogens with one attached hydrogen (secondary N) is 2. The lowest BCUT2D eigenvalue weighted by Crippen LogP contribution is -2.49. The molecule has 0 bridgehead atoms. The van der Waals surface area contributed by atoms with E-state index in [4.69, 9.17) is 15.9 Å². The molecule has 1 aromatic rings. The van der Waals surface area contributed by atoms with Gasteiger partial charge in [-0.3, -0.25) is 24.0 Å². The molecule has 0 saturated carbocycles. The van der Waals surface area contributed by atoms with Crippen LogP contribution < -0.4 is 16.4 Å². The number of amides is 2. The fraction of sp³-hybridized carbons (Fsp3) is 0.389. The molecule has 0 unspecified atom stereocenters. The van der Waals surface area contributed by atoms with Gasteiger partial charge in [0.1, 0.15) is 18.6 Å². The number of rotatable bonds is 13. The largest absolute Gasteiger partial charge is 0.480 e. The first-order valence-electron chi connectivity index (χ1n) is 8.64. The first-order chi connectivity index (χ1) is 13.7. The van der Waals surface area contributed by atoms with Crippen molar-refractivity contribution >= 4 is 41.3 Å². The van der Waals surface area contributed by atoms with E-state index in [9.17, 15) is 24.0 Å². The Morgan fingerprint density at radius 3 is 2.31 bits per heavy atom. The van der Waals surface area contributed by atoms with Gasteiger partial charge < -0.3 is 26.6 Å². The minimum absolute atomic E-state index is 0.0285. The Morgan fingerprint density at radius 1 is 1.07 bits per heavy atom. The Kier molecular flexibility index (Phi) is 10.4. The molecule has 0 aromatic heterocycles. The highest BCUT2D eigenvalue weighted by molar-refractivity contribution is 8.00. The average Bonchev–Trinajstić information content (AvgIpc) is 2.69. The summed E-state index contributed by atoms with van der Waals surface area (Å²) in [4.78, 5) is 57.6. The second kappa shape index (κ2) is 12.5. The molecule has 2 amide bonds. The van der Waals surface area contributed by atoms with Crippen molar-refractivity contribution in [1.29, 1.82) is 0 Å². The van der Waals surface area contributed by atoms with E-state index in [1.165, 1.54) is 0 Å². The Labute approximate surface area is 171 Å². The van der Waals surface area contributed by atoms with Crippen molar-refractivity contribution in [2.75, 3.05) is 18.1 Å². The minimum atomic E-state index is -1.25. The van der Waals surface area contributed by atoms with Gasteiger partial charge in [0, 0.05) is 17.7 Å². The molecule has 0 aliphatic heterocycles. The SMILES string of the molecule is N[C@@H](CCC(=O)N[C@H](CSCC(=O)c1ccccc1)C(=O)NCC(=O)O)C(=O)O. The Balaban J connectivity index is 2.61. The molecule has 0 fully saturated rings. The Hall–Kier alpha value is -2.92. The van der Waals surface area contributed by atoms with Crippen LogP contribution in [0.25, 0.3) is 0 Å². The minimum Gasteiger partial charge on any atom is -0.480 e. The predicted octanol–water partition coefficient (Wildman–Crippen LogP) is -0.520. The summed E-state index contributed by atoms with van der Waals surface area (Å²) >= 11 is 1.11. The molecule has 1 rings (SSSR count). The smallest absolute Gasteiger partial charge is 0.322 e. The summed E-state index contributed by atoms with van der Waals surface area (Å²) < 4.78 is 0. The molecular formula is C18H23N3O7S. The molecule has 6 N–H and O–H groups in total. The van der Waals surface area contributed by atoms with Crippen LogP contribution in [0.15, 0.2) is 30.3 Å². The van der Waals surface area contributed by atoms with E-state index in [1.807, 2.05) is 0 Å². The van der Waals surface area contributed by atoms with Gasteiger partial charge in [-0.05, 0) is 6.42 Å². The third-order valence-corrected chi connectivity index (χ3v) is 4.71. The van der Waals surface area contributed by atoms with Crippen LogP contribution in [-0.2, 0) is 19.2 Å². The predicted molar refractivity (Wildman–Crippen MR) is 106 cm³/mol. The molecule has 0 aliphatic rings. The molecule has 0 radical (unpaired) electrons. The van der Waals surface area contributed by atoms with Crippen molar-refractivity contribution in [1.82, 2.24) is 10.6 Å². The number of thioether (sulfide) groups is 1. The number of carbonyl (C=O) groups excluding carboxylic acids is 3. The number of aliphatic carboxylic acids is 2. The van der Waals surface area contributed by atoms with Crippen LogP contribution in [0, 0.1) is 0 Å². The summed E-state index contributed by atoms with van der Waals surface area (Å²) in [5, 5.41) is 22.0. The average molecular weight is 425 g/mol. The number of carbonyl (C=O) groups is 5. The second-order valence-corrected chi connectivity index (χ2v) is 7.05. The van der Waals surface area contributed by atoms with Gasteiger partial charge in [-0.2, -0.15) is 11.8 Å². The number of hydrogen-bond donors (Lipinski definition) is 5. The summed E-state index contributed by atoms with van der Waals surface area (Å²) in [6.45, 7) is -0.622. The molecule has 11 heteroatoms. The van der Waals surface area contributed by atoms with E-state index >= 15 is 0 Å². The number of carboxylic acid groups (broad SMARTS) is 2. The van der Waals surface area contributed by atoms with Gasteiger partial charge >= 0.3 is 11.9 Å². The van der Waals surface area contributed by atoms with Gasteiger partial charge in [-0.1, -0.05) is 30.3 Å². The Bertz CT molecular complexity index is 742. The monoisotopic (exact) mass is 425 g/mol. The summed E-state index contributed by atoms with van der Waals surface area (Å²) in [5.74, 6) is -3.88. The van der Waals surface area contributed by atoms with Crippen LogP contribution in [-0.4, -0.2) is 69.9 Å². The first-order valence-corrected chi connectivity index (χ1v) is 9.79.